The molecule has 0 aliphatic rings. The fourth-order valence-corrected chi connectivity index (χ4v) is 1.98. The zero-order valence-corrected chi connectivity index (χ0v) is 9.61. The minimum Gasteiger partial charge on any atom is -0.330 e. The minimum atomic E-state index is 0.710. The summed E-state index contributed by atoms with van der Waals surface area (Å²) in [6, 6.07) is 14.9. The molecule has 1 heteroatoms. The van der Waals surface area contributed by atoms with Crippen molar-refractivity contribution >= 4 is 16.3 Å². The molecule has 16 heavy (non-hydrogen) atoms. The molecule has 0 atom stereocenters. The highest BCUT2D eigenvalue weighted by atomic mass is 14.5. The highest BCUT2D eigenvalue weighted by Crippen LogP contribution is 2.24. The van der Waals surface area contributed by atoms with Gasteiger partial charge in [-0.25, -0.2) is 0 Å². The monoisotopic (exact) mass is 211 g/mol. The van der Waals surface area contributed by atoms with Crippen molar-refractivity contribution < 1.29 is 0 Å². The van der Waals surface area contributed by atoms with Gasteiger partial charge in [-0.15, -0.1) is 0 Å². The van der Waals surface area contributed by atoms with Crippen LogP contribution in [-0.2, 0) is 0 Å². The maximum atomic E-state index is 5.52. The predicted molar refractivity (Wildman–Crippen MR) is 71.3 cm³/mol. The van der Waals surface area contributed by atoms with Gasteiger partial charge in [0.05, 0.1) is 0 Å². The topological polar surface area (TPSA) is 26.0 Å². The molecule has 1 nitrogen and oxygen atoms in total. The van der Waals surface area contributed by atoms with Crippen molar-refractivity contribution in [2.24, 2.45) is 5.73 Å². The zero-order chi connectivity index (χ0) is 11.4. The van der Waals surface area contributed by atoms with Crippen LogP contribution >= 0.6 is 0 Å². The summed E-state index contributed by atoms with van der Waals surface area (Å²) >= 11 is 0. The van der Waals surface area contributed by atoms with E-state index in [0.29, 0.717) is 6.54 Å². The Kier molecular flexibility index (Phi) is 3.37. The van der Waals surface area contributed by atoms with Crippen molar-refractivity contribution in [2.75, 3.05) is 6.54 Å². The Morgan fingerprint density at radius 2 is 1.88 bits per heavy atom. The highest BCUT2D eigenvalue weighted by molar-refractivity contribution is 5.93. The van der Waals surface area contributed by atoms with Crippen molar-refractivity contribution in [2.45, 2.75) is 13.3 Å². The second kappa shape index (κ2) is 4.95. The molecular weight excluding hydrogens is 194 g/mol. The van der Waals surface area contributed by atoms with Crippen LogP contribution in [0.25, 0.3) is 16.3 Å². The third-order valence-corrected chi connectivity index (χ3v) is 2.83. The van der Waals surface area contributed by atoms with E-state index in [-0.39, 0.29) is 0 Å². The van der Waals surface area contributed by atoms with Gasteiger partial charge in [-0.1, -0.05) is 48.5 Å². The molecule has 0 fully saturated rings. The van der Waals surface area contributed by atoms with Crippen LogP contribution in [0.4, 0.5) is 0 Å². The molecule has 0 aliphatic heterocycles. The normalized spacial score (nSPS) is 12.0. The first kappa shape index (κ1) is 10.9. The fraction of sp³-hybridized carbons (Fsp3) is 0.200. The molecule has 0 heterocycles. The van der Waals surface area contributed by atoms with Crippen LogP contribution in [0.3, 0.4) is 0 Å². The third kappa shape index (κ3) is 2.15. The Balaban J connectivity index is 2.52. The Labute approximate surface area is 96.6 Å². The number of hydrogen-bond donors (Lipinski definition) is 1. The lowest BCUT2D eigenvalue weighted by molar-refractivity contribution is 1.01. The predicted octanol–water partition coefficient (Wildman–Crippen LogP) is 3.59. The van der Waals surface area contributed by atoms with Crippen molar-refractivity contribution in [1.29, 1.82) is 0 Å². The SMILES string of the molecule is CC(=CCCN)c1cccc2ccccc12. The van der Waals surface area contributed by atoms with Crippen LogP contribution in [0.5, 0.6) is 0 Å². The largest absolute Gasteiger partial charge is 0.330 e. The smallest absolute Gasteiger partial charge is 0.00424 e. The van der Waals surface area contributed by atoms with Crippen LogP contribution < -0.4 is 5.73 Å². The fourth-order valence-electron chi connectivity index (χ4n) is 1.98. The summed E-state index contributed by atoms with van der Waals surface area (Å²) < 4.78 is 0. The number of fused-ring (bicyclic) bond motifs is 1. The Hall–Kier alpha value is -1.60. The van der Waals surface area contributed by atoms with Gasteiger partial charge in [-0.05, 0) is 41.8 Å². The van der Waals surface area contributed by atoms with Gasteiger partial charge in [0.15, 0.2) is 0 Å². The van der Waals surface area contributed by atoms with E-state index in [1.165, 1.54) is 21.9 Å². The van der Waals surface area contributed by atoms with E-state index in [4.69, 9.17) is 5.73 Å². The van der Waals surface area contributed by atoms with Gasteiger partial charge in [0, 0.05) is 0 Å². The van der Waals surface area contributed by atoms with E-state index in [1.807, 2.05) is 0 Å². The Morgan fingerprint density at radius 3 is 2.69 bits per heavy atom. The van der Waals surface area contributed by atoms with E-state index in [0.717, 1.165) is 6.42 Å². The molecule has 0 saturated heterocycles. The first-order valence-corrected chi connectivity index (χ1v) is 5.68. The van der Waals surface area contributed by atoms with Crippen LogP contribution in [0, 0.1) is 0 Å². The van der Waals surface area contributed by atoms with Gasteiger partial charge in [0.1, 0.15) is 0 Å². The molecule has 82 valence electrons. The molecule has 0 aromatic heterocycles. The quantitative estimate of drug-likeness (QED) is 0.825. The Morgan fingerprint density at radius 1 is 1.12 bits per heavy atom. The van der Waals surface area contributed by atoms with Crippen molar-refractivity contribution in [1.82, 2.24) is 0 Å². The van der Waals surface area contributed by atoms with E-state index >= 15 is 0 Å². The summed E-state index contributed by atoms with van der Waals surface area (Å²) in [5, 5.41) is 2.61. The third-order valence-electron chi connectivity index (χ3n) is 2.83. The van der Waals surface area contributed by atoms with Gasteiger partial charge in [0.25, 0.3) is 0 Å². The molecule has 0 unspecified atom stereocenters. The van der Waals surface area contributed by atoms with Gasteiger partial charge in [-0.3, -0.25) is 0 Å². The average molecular weight is 211 g/mol. The molecule has 0 bridgehead atoms. The van der Waals surface area contributed by atoms with E-state index < -0.39 is 0 Å². The van der Waals surface area contributed by atoms with Crippen LogP contribution in [0.1, 0.15) is 18.9 Å². The molecular formula is C15H17N. The number of allylic oxidation sites excluding steroid dienone is 1. The van der Waals surface area contributed by atoms with Crippen LogP contribution in [0.15, 0.2) is 48.5 Å². The van der Waals surface area contributed by atoms with E-state index in [1.54, 1.807) is 0 Å². The summed E-state index contributed by atoms with van der Waals surface area (Å²) in [6.45, 7) is 2.86. The van der Waals surface area contributed by atoms with Gasteiger partial charge in [-0.2, -0.15) is 0 Å². The van der Waals surface area contributed by atoms with Crippen LogP contribution in [-0.4, -0.2) is 6.54 Å². The van der Waals surface area contributed by atoms with E-state index in [2.05, 4.69) is 55.5 Å². The molecule has 2 N–H and O–H groups in total. The molecule has 0 aliphatic carbocycles. The summed E-state index contributed by atoms with van der Waals surface area (Å²) in [6.07, 6.45) is 3.15. The summed E-state index contributed by atoms with van der Waals surface area (Å²) in [5.74, 6) is 0. The average Bonchev–Trinajstić information content (AvgIpc) is 2.35. The maximum absolute atomic E-state index is 5.52. The number of nitrogens with two attached hydrogens (primary N) is 1. The molecule has 2 rings (SSSR count). The molecule has 2 aromatic rings. The zero-order valence-electron chi connectivity index (χ0n) is 9.61. The lowest BCUT2D eigenvalue weighted by Crippen LogP contribution is -1.96. The van der Waals surface area contributed by atoms with Crippen LogP contribution in [0.2, 0.25) is 0 Å². The Bertz CT molecular complexity index is 506. The lowest BCUT2D eigenvalue weighted by Gasteiger charge is -2.06. The van der Waals surface area contributed by atoms with Crippen molar-refractivity contribution in [3.63, 3.8) is 0 Å². The number of hydrogen-bond acceptors (Lipinski definition) is 1. The molecule has 0 saturated carbocycles. The van der Waals surface area contributed by atoms with Crippen molar-refractivity contribution in [3.8, 4) is 0 Å². The van der Waals surface area contributed by atoms with E-state index in [9.17, 15) is 0 Å². The highest BCUT2D eigenvalue weighted by Gasteiger charge is 2.00. The molecule has 0 spiro atoms. The van der Waals surface area contributed by atoms with Gasteiger partial charge < -0.3 is 5.73 Å². The molecule has 2 aromatic carbocycles. The minimum absolute atomic E-state index is 0.710. The van der Waals surface area contributed by atoms with Gasteiger partial charge in [0.2, 0.25) is 0 Å². The first-order valence-electron chi connectivity index (χ1n) is 5.68. The number of rotatable bonds is 3. The van der Waals surface area contributed by atoms with Crippen molar-refractivity contribution in [3.05, 3.63) is 54.1 Å². The summed E-state index contributed by atoms with van der Waals surface area (Å²) in [7, 11) is 0. The second-order valence-electron chi connectivity index (χ2n) is 3.99. The van der Waals surface area contributed by atoms with Gasteiger partial charge >= 0.3 is 0 Å². The summed E-state index contributed by atoms with van der Waals surface area (Å²) in [4.78, 5) is 0. The first-order chi connectivity index (χ1) is 7.83. The molecule has 0 amide bonds. The number of benzene rings is 2. The second-order valence-corrected chi connectivity index (χ2v) is 3.99. The maximum Gasteiger partial charge on any atom is -0.00424 e. The lowest BCUT2D eigenvalue weighted by atomic mass is 9.98. The standard InChI is InChI=1S/C15H17N/c1-12(6-5-11-16)14-10-4-8-13-7-2-3-9-15(13)14/h2-4,6-10H,5,11,16H2,1H3. The summed E-state index contributed by atoms with van der Waals surface area (Å²) in [5.41, 5.74) is 8.14. The molecule has 0 radical (unpaired) electrons.